The average Bonchev–Trinajstić information content (AvgIpc) is 2.77. The third-order valence-electron chi connectivity index (χ3n) is 3.43. The molecule has 1 aromatic heterocycles. The van der Waals surface area contributed by atoms with E-state index in [9.17, 15) is 8.42 Å². The first-order valence-electron chi connectivity index (χ1n) is 7.76. The molecule has 21 heavy (non-hydrogen) atoms. The predicted octanol–water partition coefficient (Wildman–Crippen LogP) is 2.42. The average molecular weight is 316 g/mol. The van der Waals surface area contributed by atoms with Gasteiger partial charge in [-0.3, -0.25) is 4.68 Å². The van der Waals surface area contributed by atoms with E-state index in [1.54, 1.807) is 7.05 Å². The predicted molar refractivity (Wildman–Crippen MR) is 85.4 cm³/mol. The highest BCUT2D eigenvalue weighted by molar-refractivity contribution is 7.89. The smallest absolute Gasteiger partial charge is 0.245 e. The number of nitrogens with zero attached hydrogens (tertiary/aromatic N) is 2. The standard InChI is InChI=1S/C14H28N4O2S/c1-3-4-5-6-7-8-9-10-11-16-21(19,20)13-12-18(2)17-14(13)15/h12,16H,3-11H2,1-2H3,(H2,15,17). The third kappa shape index (κ3) is 6.48. The molecule has 3 N–H and O–H groups in total. The number of rotatable bonds is 11. The van der Waals surface area contributed by atoms with Crippen LogP contribution >= 0.6 is 0 Å². The number of nitrogen functional groups attached to an aromatic ring is 1. The van der Waals surface area contributed by atoms with Crippen LogP contribution in [0.2, 0.25) is 0 Å². The van der Waals surface area contributed by atoms with E-state index in [4.69, 9.17) is 5.73 Å². The number of aromatic nitrogens is 2. The molecule has 7 heteroatoms. The molecule has 0 bridgehead atoms. The summed E-state index contributed by atoms with van der Waals surface area (Å²) >= 11 is 0. The van der Waals surface area contributed by atoms with E-state index in [1.165, 1.54) is 49.4 Å². The first-order valence-corrected chi connectivity index (χ1v) is 9.24. The first-order chi connectivity index (χ1) is 9.97. The second-order valence-corrected chi connectivity index (χ2v) is 7.16. The van der Waals surface area contributed by atoms with Crippen LogP contribution in [0.5, 0.6) is 0 Å². The van der Waals surface area contributed by atoms with Gasteiger partial charge >= 0.3 is 0 Å². The minimum absolute atomic E-state index is 0.0425. The summed E-state index contributed by atoms with van der Waals surface area (Å²) in [5.74, 6) is 0.0425. The van der Waals surface area contributed by atoms with Gasteiger partial charge in [0.05, 0.1) is 0 Å². The molecule has 1 aromatic rings. The summed E-state index contributed by atoms with van der Waals surface area (Å²) in [6.45, 7) is 2.66. The molecule has 1 heterocycles. The van der Waals surface area contributed by atoms with Gasteiger partial charge in [-0.25, -0.2) is 13.1 Å². The fourth-order valence-electron chi connectivity index (χ4n) is 2.23. The Morgan fingerprint density at radius 1 is 1.14 bits per heavy atom. The molecule has 0 aliphatic heterocycles. The molecule has 0 atom stereocenters. The minimum Gasteiger partial charge on any atom is -0.381 e. The lowest BCUT2D eigenvalue weighted by atomic mass is 10.1. The maximum absolute atomic E-state index is 12.0. The summed E-state index contributed by atoms with van der Waals surface area (Å²) in [6.07, 6.45) is 10.9. The number of hydrogen-bond acceptors (Lipinski definition) is 4. The zero-order chi connectivity index (χ0) is 15.7. The van der Waals surface area contributed by atoms with Gasteiger partial charge in [0, 0.05) is 19.8 Å². The van der Waals surface area contributed by atoms with Crippen molar-refractivity contribution >= 4 is 15.8 Å². The van der Waals surface area contributed by atoms with E-state index in [0.717, 1.165) is 12.8 Å². The highest BCUT2D eigenvalue weighted by atomic mass is 32.2. The van der Waals surface area contributed by atoms with Gasteiger partial charge in [-0.05, 0) is 6.42 Å². The molecule has 122 valence electrons. The summed E-state index contributed by atoms with van der Waals surface area (Å²) in [5.41, 5.74) is 5.59. The van der Waals surface area contributed by atoms with E-state index < -0.39 is 10.0 Å². The van der Waals surface area contributed by atoms with Gasteiger partial charge in [0.1, 0.15) is 4.90 Å². The lowest BCUT2D eigenvalue weighted by Crippen LogP contribution is -2.25. The number of nitrogens with two attached hydrogens (primary N) is 1. The minimum atomic E-state index is -3.53. The number of unbranched alkanes of at least 4 members (excludes halogenated alkanes) is 7. The van der Waals surface area contributed by atoms with E-state index >= 15 is 0 Å². The fraction of sp³-hybridized carbons (Fsp3) is 0.786. The molecule has 0 unspecified atom stereocenters. The van der Waals surface area contributed by atoms with Crippen molar-refractivity contribution in [1.29, 1.82) is 0 Å². The number of nitrogens with one attached hydrogen (secondary N) is 1. The normalized spacial score (nSPS) is 11.9. The van der Waals surface area contributed by atoms with E-state index in [-0.39, 0.29) is 10.7 Å². The fourth-order valence-corrected chi connectivity index (χ4v) is 3.41. The molecular weight excluding hydrogens is 288 g/mol. The van der Waals surface area contributed by atoms with E-state index in [0.29, 0.717) is 6.54 Å². The molecule has 0 saturated heterocycles. The maximum atomic E-state index is 12.0. The molecule has 0 radical (unpaired) electrons. The number of anilines is 1. The topological polar surface area (TPSA) is 90.0 Å². The maximum Gasteiger partial charge on any atom is 0.245 e. The lowest BCUT2D eigenvalue weighted by molar-refractivity contribution is 0.559. The summed E-state index contributed by atoms with van der Waals surface area (Å²) in [4.78, 5) is 0.0598. The summed E-state index contributed by atoms with van der Waals surface area (Å²) in [6, 6.07) is 0. The van der Waals surface area contributed by atoms with Crippen LogP contribution < -0.4 is 10.5 Å². The highest BCUT2D eigenvalue weighted by Gasteiger charge is 2.19. The largest absolute Gasteiger partial charge is 0.381 e. The Morgan fingerprint density at radius 3 is 2.24 bits per heavy atom. The van der Waals surface area contributed by atoms with E-state index in [1.807, 2.05) is 0 Å². The molecule has 0 saturated carbocycles. The Morgan fingerprint density at radius 2 is 1.71 bits per heavy atom. The SMILES string of the molecule is CCCCCCCCCCNS(=O)(=O)c1cn(C)nc1N. The molecular formula is C14H28N4O2S. The van der Waals surface area contributed by atoms with Crippen LogP contribution in [0.1, 0.15) is 58.3 Å². The van der Waals surface area contributed by atoms with Crippen LogP contribution in [0.4, 0.5) is 5.82 Å². The second kappa shape index (κ2) is 9.04. The van der Waals surface area contributed by atoms with Gasteiger partial charge in [0.15, 0.2) is 5.82 Å². The highest BCUT2D eigenvalue weighted by Crippen LogP contribution is 2.15. The number of aryl methyl sites for hydroxylation is 1. The second-order valence-electron chi connectivity index (χ2n) is 5.42. The van der Waals surface area contributed by atoms with Crippen molar-refractivity contribution in [3.05, 3.63) is 6.20 Å². The third-order valence-corrected chi connectivity index (χ3v) is 4.91. The molecule has 0 aromatic carbocycles. The van der Waals surface area contributed by atoms with Gasteiger partial charge in [-0.15, -0.1) is 0 Å². The van der Waals surface area contributed by atoms with Crippen LogP contribution in [0.25, 0.3) is 0 Å². The van der Waals surface area contributed by atoms with Gasteiger partial charge in [0.2, 0.25) is 10.0 Å². The number of sulfonamides is 1. The van der Waals surface area contributed by atoms with E-state index in [2.05, 4.69) is 16.7 Å². The zero-order valence-electron chi connectivity index (χ0n) is 13.1. The van der Waals surface area contributed by atoms with Crippen LogP contribution in [0.15, 0.2) is 11.1 Å². The Labute approximate surface area is 128 Å². The monoisotopic (exact) mass is 316 g/mol. The molecule has 6 nitrogen and oxygen atoms in total. The molecule has 0 amide bonds. The van der Waals surface area contributed by atoms with Crippen LogP contribution in [-0.4, -0.2) is 24.7 Å². The number of hydrogen-bond donors (Lipinski definition) is 2. The zero-order valence-corrected chi connectivity index (χ0v) is 14.0. The van der Waals surface area contributed by atoms with Crippen LogP contribution in [0.3, 0.4) is 0 Å². The van der Waals surface area contributed by atoms with Crippen molar-refractivity contribution in [2.75, 3.05) is 12.3 Å². The van der Waals surface area contributed by atoms with Gasteiger partial charge in [-0.1, -0.05) is 51.9 Å². The molecule has 0 aliphatic rings. The van der Waals surface area contributed by atoms with Crippen LogP contribution in [-0.2, 0) is 17.1 Å². The molecule has 0 fully saturated rings. The van der Waals surface area contributed by atoms with Crippen molar-refractivity contribution in [1.82, 2.24) is 14.5 Å². The quantitative estimate of drug-likeness (QED) is 0.613. The summed E-state index contributed by atoms with van der Waals surface area (Å²) in [5, 5.41) is 3.85. The van der Waals surface area contributed by atoms with Gasteiger partial charge < -0.3 is 5.73 Å². The van der Waals surface area contributed by atoms with Crippen molar-refractivity contribution in [3.8, 4) is 0 Å². The van der Waals surface area contributed by atoms with Crippen molar-refractivity contribution < 1.29 is 8.42 Å². The molecule has 1 rings (SSSR count). The van der Waals surface area contributed by atoms with Gasteiger partial charge in [0.25, 0.3) is 0 Å². The van der Waals surface area contributed by atoms with Crippen molar-refractivity contribution in [3.63, 3.8) is 0 Å². The summed E-state index contributed by atoms with van der Waals surface area (Å²) in [7, 11) is -1.89. The van der Waals surface area contributed by atoms with Crippen molar-refractivity contribution in [2.45, 2.75) is 63.2 Å². The Balaban J connectivity index is 2.19. The van der Waals surface area contributed by atoms with Gasteiger partial charge in [-0.2, -0.15) is 5.10 Å². The molecule has 0 aliphatic carbocycles. The Bertz CT molecular complexity index is 511. The summed E-state index contributed by atoms with van der Waals surface area (Å²) < 4.78 is 28.0. The van der Waals surface area contributed by atoms with Crippen LogP contribution in [0, 0.1) is 0 Å². The Hall–Kier alpha value is -1.08. The Kier molecular flexibility index (Phi) is 7.74. The molecule has 0 spiro atoms. The lowest BCUT2D eigenvalue weighted by Gasteiger charge is -2.05. The first kappa shape index (κ1) is 18.0. The van der Waals surface area contributed by atoms with Crippen molar-refractivity contribution in [2.24, 2.45) is 7.05 Å².